The number of nitrogens with zero attached hydrogens (tertiary/aromatic N) is 1. The number of non-ortho nitro benzene ring substituents is 1. The molecule has 1 aliphatic carbocycles. The SMILES string of the molecule is CCOC1CC(Nc2ccc([N+](=O)[O-])cc2F)C1(C)C. The van der Waals surface area contributed by atoms with Gasteiger partial charge in [0.15, 0.2) is 5.82 Å². The van der Waals surface area contributed by atoms with Gasteiger partial charge in [0.1, 0.15) is 0 Å². The van der Waals surface area contributed by atoms with E-state index in [1.165, 1.54) is 12.1 Å². The van der Waals surface area contributed by atoms with E-state index in [9.17, 15) is 14.5 Å². The third-order valence-electron chi connectivity index (χ3n) is 4.04. The van der Waals surface area contributed by atoms with Crippen molar-refractivity contribution in [3.05, 3.63) is 34.1 Å². The lowest BCUT2D eigenvalue weighted by Crippen LogP contribution is -2.58. The Balaban J connectivity index is 2.07. The fraction of sp³-hybridized carbons (Fsp3) is 0.571. The largest absolute Gasteiger partial charge is 0.379 e. The number of nitro groups is 1. The van der Waals surface area contributed by atoms with E-state index in [-0.39, 0.29) is 23.2 Å². The van der Waals surface area contributed by atoms with Crippen molar-refractivity contribution in [2.45, 2.75) is 39.3 Å². The molecule has 0 bridgehead atoms. The number of nitrogens with one attached hydrogen (secondary N) is 1. The number of benzene rings is 1. The van der Waals surface area contributed by atoms with E-state index < -0.39 is 10.7 Å². The molecule has 0 heterocycles. The maximum absolute atomic E-state index is 13.8. The number of nitro benzene ring substituents is 1. The molecule has 1 aromatic carbocycles. The summed E-state index contributed by atoms with van der Waals surface area (Å²) in [5.74, 6) is -0.602. The van der Waals surface area contributed by atoms with E-state index in [1.807, 2.05) is 6.92 Å². The van der Waals surface area contributed by atoms with E-state index in [2.05, 4.69) is 19.2 Å². The van der Waals surface area contributed by atoms with E-state index >= 15 is 0 Å². The number of rotatable bonds is 5. The van der Waals surface area contributed by atoms with Gasteiger partial charge in [-0.1, -0.05) is 13.8 Å². The summed E-state index contributed by atoms with van der Waals surface area (Å²) in [6.07, 6.45) is 0.961. The Hall–Kier alpha value is -1.69. The molecule has 2 unspecified atom stereocenters. The second-order valence-electron chi connectivity index (χ2n) is 5.62. The monoisotopic (exact) mass is 282 g/mol. The zero-order chi connectivity index (χ0) is 14.9. The zero-order valence-corrected chi connectivity index (χ0v) is 11.9. The molecule has 1 aliphatic rings. The third-order valence-corrected chi connectivity index (χ3v) is 4.04. The van der Waals surface area contributed by atoms with E-state index in [0.29, 0.717) is 12.3 Å². The summed E-state index contributed by atoms with van der Waals surface area (Å²) in [5, 5.41) is 13.7. The van der Waals surface area contributed by atoms with Crippen LogP contribution in [0.5, 0.6) is 0 Å². The van der Waals surface area contributed by atoms with Crippen LogP contribution < -0.4 is 5.32 Å². The van der Waals surface area contributed by atoms with Crippen LogP contribution in [0.25, 0.3) is 0 Å². The molecule has 0 aliphatic heterocycles. The smallest absolute Gasteiger partial charge is 0.272 e. The van der Waals surface area contributed by atoms with Crippen LogP contribution in [0.1, 0.15) is 27.2 Å². The number of ether oxygens (including phenoxy) is 1. The van der Waals surface area contributed by atoms with Crippen molar-refractivity contribution < 1.29 is 14.1 Å². The standard InChI is InChI=1S/C14H19FN2O3/c1-4-20-13-8-12(14(13,2)3)16-11-6-5-9(17(18)19)7-10(11)15/h5-7,12-13,16H,4,8H2,1-3H3. The molecule has 0 amide bonds. The number of anilines is 1. The number of hydrogen-bond acceptors (Lipinski definition) is 4. The van der Waals surface area contributed by atoms with Crippen LogP contribution in [0.2, 0.25) is 0 Å². The number of hydrogen-bond donors (Lipinski definition) is 1. The predicted molar refractivity (Wildman–Crippen MR) is 74.3 cm³/mol. The van der Waals surface area contributed by atoms with E-state index in [1.54, 1.807) is 0 Å². The fourth-order valence-corrected chi connectivity index (χ4v) is 2.54. The Kier molecular flexibility index (Phi) is 3.94. The molecular weight excluding hydrogens is 263 g/mol. The summed E-state index contributed by atoms with van der Waals surface area (Å²) in [7, 11) is 0. The number of halogens is 1. The molecule has 0 spiro atoms. The summed E-state index contributed by atoms with van der Waals surface area (Å²) < 4.78 is 19.4. The molecule has 2 rings (SSSR count). The summed E-state index contributed by atoms with van der Waals surface area (Å²) in [6.45, 7) is 6.75. The first-order chi connectivity index (χ1) is 9.36. The van der Waals surface area contributed by atoms with Crippen LogP contribution in [0.3, 0.4) is 0 Å². The highest BCUT2D eigenvalue weighted by Crippen LogP contribution is 2.44. The summed E-state index contributed by atoms with van der Waals surface area (Å²) in [5.41, 5.74) is -0.0405. The second kappa shape index (κ2) is 5.36. The Bertz CT molecular complexity index is 519. The Morgan fingerprint density at radius 1 is 1.55 bits per heavy atom. The first-order valence-electron chi connectivity index (χ1n) is 6.68. The van der Waals surface area contributed by atoms with Gasteiger partial charge in [-0.3, -0.25) is 10.1 Å². The van der Waals surface area contributed by atoms with Gasteiger partial charge in [0.2, 0.25) is 0 Å². The van der Waals surface area contributed by atoms with Crippen molar-refractivity contribution in [3.8, 4) is 0 Å². The van der Waals surface area contributed by atoms with Gasteiger partial charge in [0, 0.05) is 24.1 Å². The highest BCUT2D eigenvalue weighted by molar-refractivity contribution is 5.51. The molecule has 110 valence electrons. The van der Waals surface area contributed by atoms with Crippen LogP contribution >= 0.6 is 0 Å². The van der Waals surface area contributed by atoms with Gasteiger partial charge in [-0.05, 0) is 19.4 Å². The summed E-state index contributed by atoms with van der Waals surface area (Å²) in [4.78, 5) is 9.97. The van der Waals surface area contributed by atoms with Crippen molar-refractivity contribution in [2.75, 3.05) is 11.9 Å². The van der Waals surface area contributed by atoms with Gasteiger partial charge >= 0.3 is 0 Å². The Labute approximate surface area is 117 Å². The zero-order valence-electron chi connectivity index (χ0n) is 11.9. The minimum atomic E-state index is -0.606. The van der Waals surface area contributed by atoms with Crippen molar-refractivity contribution >= 4 is 11.4 Å². The van der Waals surface area contributed by atoms with Gasteiger partial charge in [0.05, 0.1) is 22.8 Å². The highest BCUT2D eigenvalue weighted by Gasteiger charge is 2.49. The minimum Gasteiger partial charge on any atom is -0.379 e. The summed E-state index contributed by atoms with van der Waals surface area (Å²) in [6, 6.07) is 3.75. The Morgan fingerprint density at radius 3 is 2.75 bits per heavy atom. The van der Waals surface area contributed by atoms with Crippen LogP contribution in [-0.2, 0) is 4.74 Å². The molecule has 5 nitrogen and oxygen atoms in total. The predicted octanol–water partition coefficient (Wildman–Crippen LogP) is 3.35. The van der Waals surface area contributed by atoms with Crippen LogP contribution in [-0.4, -0.2) is 23.7 Å². The maximum Gasteiger partial charge on any atom is 0.272 e. The normalized spacial score (nSPS) is 24.0. The Morgan fingerprint density at radius 2 is 2.25 bits per heavy atom. The quantitative estimate of drug-likeness (QED) is 0.664. The second-order valence-corrected chi connectivity index (χ2v) is 5.62. The lowest BCUT2D eigenvalue weighted by molar-refractivity contribution is -0.385. The van der Waals surface area contributed by atoms with Gasteiger partial charge in [-0.15, -0.1) is 0 Å². The first kappa shape index (κ1) is 14.7. The third kappa shape index (κ3) is 2.60. The van der Waals surface area contributed by atoms with Gasteiger partial charge < -0.3 is 10.1 Å². The topological polar surface area (TPSA) is 64.4 Å². The lowest BCUT2D eigenvalue weighted by atomic mass is 9.64. The average molecular weight is 282 g/mol. The van der Waals surface area contributed by atoms with E-state index in [0.717, 1.165) is 12.5 Å². The highest BCUT2D eigenvalue weighted by atomic mass is 19.1. The van der Waals surface area contributed by atoms with Crippen LogP contribution in [0.15, 0.2) is 18.2 Å². The maximum atomic E-state index is 13.8. The fourth-order valence-electron chi connectivity index (χ4n) is 2.54. The average Bonchev–Trinajstić information content (AvgIpc) is 2.39. The first-order valence-corrected chi connectivity index (χ1v) is 6.68. The van der Waals surface area contributed by atoms with Crippen molar-refractivity contribution in [1.82, 2.24) is 0 Å². The van der Waals surface area contributed by atoms with Crippen molar-refractivity contribution in [3.63, 3.8) is 0 Å². The lowest BCUT2D eigenvalue weighted by Gasteiger charge is -2.52. The van der Waals surface area contributed by atoms with Gasteiger partial charge in [0.25, 0.3) is 5.69 Å². The molecular formula is C14H19FN2O3. The molecule has 0 saturated heterocycles. The molecule has 0 aromatic heterocycles. The molecule has 0 radical (unpaired) electrons. The van der Waals surface area contributed by atoms with E-state index in [4.69, 9.17) is 4.74 Å². The minimum absolute atomic E-state index is 0.0926. The van der Waals surface area contributed by atoms with Crippen LogP contribution in [0, 0.1) is 21.3 Å². The van der Waals surface area contributed by atoms with Gasteiger partial charge in [-0.25, -0.2) is 4.39 Å². The molecule has 6 heteroatoms. The summed E-state index contributed by atoms with van der Waals surface area (Å²) >= 11 is 0. The molecule has 1 N–H and O–H groups in total. The molecule has 1 saturated carbocycles. The molecule has 1 aromatic rings. The molecule has 1 fully saturated rings. The molecule has 2 atom stereocenters. The van der Waals surface area contributed by atoms with Crippen molar-refractivity contribution in [1.29, 1.82) is 0 Å². The van der Waals surface area contributed by atoms with Crippen LogP contribution in [0.4, 0.5) is 15.8 Å². The molecule has 20 heavy (non-hydrogen) atoms. The van der Waals surface area contributed by atoms with Gasteiger partial charge in [-0.2, -0.15) is 0 Å². The van der Waals surface area contributed by atoms with Crippen molar-refractivity contribution in [2.24, 2.45) is 5.41 Å².